The molecule has 0 aromatic carbocycles. The molecule has 3 atom stereocenters. The van der Waals surface area contributed by atoms with Gasteiger partial charge in [-0.2, -0.15) is 0 Å². The smallest absolute Gasteiger partial charge is 0.0503 e. The normalized spacial score (nSPS) is 29.7. The second kappa shape index (κ2) is 5.86. The van der Waals surface area contributed by atoms with Gasteiger partial charge < -0.3 is 5.32 Å². The third-order valence-electron chi connectivity index (χ3n) is 2.87. The van der Waals surface area contributed by atoms with Crippen LogP contribution in [0.3, 0.4) is 0 Å². The van der Waals surface area contributed by atoms with E-state index in [4.69, 9.17) is 0 Å². The van der Waals surface area contributed by atoms with E-state index in [9.17, 15) is 4.21 Å². The maximum atomic E-state index is 12.0. The fourth-order valence-corrected chi connectivity index (χ4v) is 3.77. The van der Waals surface area contributed by atoms with Gasteiger partial charge in [0, 0.05) is 22.1 Å². The van der Waals surface area contributed by atoms with Gasteiger partial charge in [-0.3, -0.25) is 4.21 Å². The van der Waals surface area contributed by atoms with Crippen molar-refractivity contribution in [2.45, 2.75) is 63.0 Å². The van der Waals surface area contributed by atoms with Gasteiger partial charge in [-0.1, -0.05) is 27.2 Å². The van der Waals surface area contributed by atoms with Crippen molar-refractivity contribution in [2.24, 2.45) is 0 Å². The molecule has 1 rings (SSSR count). The maximum Gasteiger partial charge on any atom is 0.0503 e. The summed E-state index contributed by atoms with van der Waals surface area (Å²) in [6.45, 7) is 7.36. The number of rotatable bonds is 5. The summed E-state index contributed by atoms with van der Waals surface area (Å²) in [5.74, 6) is 0. The predicted molar refractivity (Wildman–Crippen MR) is 63.0 cm³/mol. The van der Waals surface area contributed by atoms with Crippen molar-refractivity contribution in [1.29, 1.82) is 0 Å². The van der Waals surface area contributed by atoms with Gasteiger partial charge in [-0.15, -0.1) is 0 Å². The van der Waals surface area contributed by atoms with E-state index in [1.165, 1.54) is 12.8 Å². The van der Waals surface area contributed by atoms with Gasteiger partial charge in [0.15, 0.2) is 0 Å². The first kappa shape index (κ1) is 12.2. The van der Waals surface area contributed by atoms with Crippen molar-refractivity contribution >= 4 is 10.8 Å². The highest BCUT2D eigenvalue weighted by Crippen LogP contribution is 2.25. The van der Waals surface area contributed by atoms with E-state index in [2.05, 4.69) is 26.1 Å². The maximum absolute atomic E-state index is 12.0. The first-order chi connectivity index (χ1) is 6.66. The Balaban J connectivity index is 2.46. The average molecular weight is 217 g/mol. The van der Waals surface area contributed by atoms with Gasteiger partial charge >= 0.3 is 0 Å². The van der Waals surface area contributed by atoms with E-state index >= 15 is 0 Å². The van der Waals surface area contributed by atoms with Crippen LogP contribution in [-0.2, 0) is 10.8 Å². The molecule has 3 heteroatoms. The Bertz CT molecular complexity index is 194. The van der Waals surface area contributed by atoms with E-state index in [1.807, 2.05) is 0 Å². The fraction of sp³-hybridized carbons (Fsp3) is 1.00. The second-order valence-corrected chi connectivity index (χ2v) is 6.61. The van der Waals surface area contributed by atoms with Gasteiger partial charge in [0.05, 0.1) is 5.25 Å². The molecule has 14 heavy (non-hydrogen) atoms. The summed E-state index contributed by atoms with van der Waals surface area (Å²) < 4.78 is 12.0. The second-order valence-electron chi connectivity index (χ2n) is 4.41. The highest BCUT2D eigenvalue weighted by Gasteiger charge is 2.32. The molecule has 0 amide bonds. The molecule has 0 spiro atoms. The van der Waals surface area contributed by atoms with Crippen LogP contribution in [0.4, 0.5) is 0 Å². The van der Waals surface area contributed by atoms with Crippen LogP contribution in [-0.4, -0.2) is 27.3 Å². The van der Waals surface area contributed by atoms with E-state index in [0.717, 1.165) is 19.4 Å². The molecule has 2 nitrogen and oxygen atoms in total. The Morgan fingerprint density at radius 2 is 2.14 bits per heavy atom. The van der Waals surface area contributed by atoms with Gasteiger partial charge in [0.2, 0.25) is 0 Å². The van der Waals surface area contributed by atoms with Gasteiger partial charge in [-0.05, 0) is 25.8 Å². The Morgan fingerprint density at radius 1 is 1.43 bits per heavy atom. The van der Waals surface area contributed by atoms with Crippen LogP contribution >= 0.6 is 0 Å². The summed E-state index contributed by atoms with van der Waals surface area (Å²) in [5, 5.41) is 4.24. The summed E-state index contributed by atoms with van der Waals surface area (Å²) in [6.07, 6.45) is 4.76. The molecule has 1 saturated carbocycles. The van der Waals surface area contributed by atoms with Crippen LogP contribution in [0, 0.1) is 0 Å². The van der Waals surface area contributed by atoms with Crippen LogP contribution < -0.4 is 5.32 Å². The molecule has 0 radical (unpaired) electrons. The van der Waals surface area contributed by atoms with E-state index in [0.29, 0.717) is 16.5 Å². The van der Waals surface area contributed by atoms with Crippen LogP contribution in [0.1, 0.15) is 46.5 Å². The quantitative estimate of drug-likeness (QED) is 0.764. The van der Waals surface area contributed by atoms with Crippen LogP contribution in [0.15, 0.2) is 0 Å². The van der Waals surface area contributed by atoms with E-state index in [1.54, 1.807) is 0 Å². The largest absolute Gasteiger partial charge is 0.313 e. The van der Waals surface area contributed by atoms with Crippen LogP contribution in [0.2, 0.25) is 0 Å². The fourth-order valence-electron chi connectivity index (χ4n) is 2.12. The zero-order valence-electron chi connectivity index (χ0n) is 9.58. The summed E-state index contributed by atoms with van der Waals surface area (Å²) in [6, 6.07) is 0.512. The molecule has 0 aromatic rings. The molecular formula is C11H23NOS. The lowest BCUT2D eigenvalue weighted by Gasteiger charge is -2.22. The lowest BCUT2D eigenvalue weighted by Crippen LogP contribution is -2.40. The van der Waals surface area contributed by atoms with Gasteiger partial charge in [-0.25, -0.2) is 0 Å². The lowest BCUT2D eigenvalue weighted by molar-refractivity contribution is 0.521. The first-order valence-corrected chi connectivity index (χ1v) is 7.07. The van der Waals surface area contributed by atoms with Crippen molar-refractivity contribution in [3.8, 4) is 0 Å². The molecule has 3 unspecified atom stereocenters. The summed E-state index contributed by atoms with van der Waals surface area (Å²) in [5.41, 5.74) is 0. The molecule has 1 fully saturated rings. The minimum Gasteiger partial charge on any atom is -0.313 e. The molecule has 84 valence electrons. The zero-order chi connectivity index (χ0) is 10.6. The molecule has 0 aromatic heterocycles. The monoisotopic (exact) mass is 217 g/mol. The third-order valence-corrected chi connectivity index (χ3v) is 4.96. The van der Waals surface area contributed by atoms with Crippen molar-refractivity contribution < 1.29 is 4.21 Å². The molecule has 1 N–H and O–H groups in total. The molecular weight excluding hydrogens is 194 g/mol. The molecule has 0 heterocycles. The van der Waals surface area contributed by atoms with Crippen molar-refractivity contribution in [2.75, 3.05) is 6.54 Å². The minimum atomic E-state index is -0.643. The SMILES string of the molecule is CCCNC1CCCC1S(=O)C(C)C. The van der Waals surface area contributed by atoms with Gasteiger partial charge in [0.25, 0.3) is 0 Å². The number of nitrogens with one attached hydrogen (secondary N) is 1. The summed E-state index contributed by atoms with van der Waals surface area (Å²) in [7, 11) is -0.643. The molecule has 0 aliphatic heterocycles. The Labute approximate surface area is 90.3 Å². The standard InChI is InChI=1S/C11H23NOS/c1-4-8-12-10-6-5-7-11(10)14(13)9(2)3/h9-12H,4-8H2,1-3H3. The third kappa shape index (κ3) is 3.06. The molecule has 0 saturated heterocycles. The average Bonchev–Trinajstić information content (AvgIpc) is 2.61. The minimum absolute atomic E-state index is 0.309. The Morgan fingerprint density at radius 3 is 2.71 bits per heavy atom. The molecule has 1 aliphatic carbocycles. The molecule has 1 aliphatic rings. The van der Waals surface area contributed by atoms with Gasteiger partial charge in [0.1, 0.15) is 0 Å². The summed E-state index contributed by atoms with van der Waals surface area (Å²) >= 11 is 0. The van der Waals surface area contributed by atoms with E-state index in [-0.39, 0.29) is 0 Å². The number of hydrogen-bond donors (Lipinski definition) is 1. The zero-order valence-corrected chi connectivity index (χ0v) is 10.4. The predicted octanol–water partition coefficient (Wildman–Crippen LogP) is 2.06. The highest BCUT2D eigenvalue weighted by molar-refractivity contribution is 7.86. The Hall–Kier alpha value is 0.110. The Kier molecular flexibility index (Phi) is 5.10. The topological polar surface area (TPSA) is 29.1 Å². The van der Waals surface area contributed by atoms with E-state index < -0.39 is 10.8 Å². The highest BCUT2D eigenvalue weighted by atomic mass is 32.2. The van der Waals surface area contributed by atoms with Crippen molar-refractivity contribution in [3.05, 3.63) is 0 Å². The first-order valence-electron chi connectivity index (χ1n) is 5.79. The summed E-state index contributed by atoms with van der Waals surface area (Å²) in [4.78, 5) is 0. The van der Waals surface area contributed by atoms with Crippen LogP contribution in [0.5, 0.6) is 0 Å². The van der Waals surface area contributed by atoms with Crippen molar-refractivity contribution in [1.82, 2.24) is 5.32 Å². The molecule has 0 bridgehead atoms. The van der Waals surface area contributed by atoms with Crippen LogP contribution in [0.25, 0.3) is 0 Å². The number of hydrogen-bond acceptors (Lipinski definition) is 2. The lowest BCUT2D eigenvalue weighted by atomic mass is 10.2. The van der Waals surface area contributed by atoms with Crippen molar-refractivity contribution in [3.63, 3.8) is 0 Å².